The Hall–Kier alpha value is -3.19. The molecule has 0 aliphatic carbocycles. The summed E-state index contributed by atoms with van der Waals surface area (Å²) >= 11 is 6.11. The van der Waals surface area contributed by atoms with Crippen LogP contribution < -0.4 is 4.74 Å². The van der Waals surface area contributed by atoms with Gasteiger partial charge in [0.15, 0.2) is 0 Å². The summed E-state index contributed by atoms with van der Waals surface area (Å²) in [4.78, 5) is 20.9. The molecule has 0 atom stereocenters. The highest BCUT2D eigenvalue weighted by atomic mass is 35.5. The van der Waals surface area contributed by atoms with Crippen molar-refractivity contribution in [2.45, 2.75) is 27.7 Å². The number of carbonyl (C=O) groups excluding carboxylic acids is 1. The third kappa shape index (κ3) is 4.30. The van der Waals surface area contributed by atoms with E-state index in [1.54, 1.807) is 43.8 Å². The number of benzene rings is 1. The largest absolute Gasteiger partial charge is 0.465 e. The number of rotatable bonds is 5. The molecule has 0 unspecified atom stereocenters. The Morgan fingerprint density at radius 2 is 1.93 bits per heavy atom. The molecule has 150 valence electrons. The van der Waals surface area contributed by atoms with Crippen molar-refractivity contribution < 1.29 is 14.3 Å². The molecule has 3 rings (SSSR count). The van der Waals surface area contributed by atoms with E-state index in [9.17, 15) is 4.79 Å². The van der Waals surface area contributed by atoms with E-state index in [-0.39, 0.29) is 5.88 Å². The third-order valence-corrected chi connectivity index (χ3v) is 4.55. The predicted octanol–water partition coefficient (Wildman–Crippen LogP) is 4.61. The fourth-order valence-corrected chi connectivity index (χ4v) is 3.13. The lowest BCUT2D eigenvalue weighted by Crippen LogP contribution is -2.10. The average molecular weight is 413 g/mol. The van der Waals surface area contributed by atoms with Crippen molar-refractivity contribution >= 4 is 23.1 Å². The van der Waals surface area contributed by atoms with E-state index in [0.717, 1.165) is 11.3 Å². The molecule has 0 fully saturated rings. The van der Waals surface area contributed by atoms with Gasteiger partial charge in [0, 0.05) is 17.3 Å². The molecule has 0 N–H and O–H groups in total. The van der Waals surface area contributed by atoms with Gasteiger partial charge >= 0.3 is 5.97 Å². The number of methoxy groups -OCH3 is 1. The van der Waals surface area contributed by atoms with E-state index in [1.165, 1.54) is 7.11 Å². The second kappa shape index (κ2) is 8.45. The van der Waals surface area contributed by atoms with Crippen molar-refractivity contribution in [3.63, 3.8) is 0 Å². The molecular formula is C21H21ClN4O3. The summed E-state index contributed by atoms with van der Waals surface area (Å²) in [6.45, 7) is 7.26. The first-order chi connectivity index (χ1) is 13.8. The smallest absolute Gasteiger partial charge is 0.338 e. The zero-order valence-corrected chi connectivity index (χ0v) is 17.6. The Labute approximate surface area is 174 Å². The van der Waals surface area contributed by atoms with Gasteiger partial charge in [-0.2, -0.15) is 4.98 Å². The summed E-state index contributed by atoms with van der Waals surface area (Å²) in [7, 11) is 1.33. The van der Waals surface area contributed by atoms with Gasteiger partial charge in [-0.25, -0.2) is 14.5 Å². The van der Waals surface area contributed by atoms with E-state index in [4.69, 9.17) is 21.1 Å². The molecule has 0 bridgehead atoms. The van der Waals surface area contributed by atoms with E-state index < -0.39 is 5.97 Å². The minimum Gasteiger partial charge on any atom is -0.465 e. The van der Waals surface area contributed by atoms with Gasteiger partial charge in [0.25, 0.3) is 0 Å². The highest BCUT2D eigenvalue weighted by Crippen LogP contribution is 2.31. The molecule has 0 radical (unpaired) electrons. The zero-order chi connectivity index (χ0) is 21.1. The number of hydrogen-bond acceptors (Lipinski definition) is 6. The molecule has 2 aromatic heterocycles. The first-order valence-electron chi connectivity index (χ1n) is 8.94. The number of halogens is 1. The highest BCUT2D eigenvalue weighted by Gasteiger charge is 2.22. The standard InChI is InChI=1S/C21H21ClN4O3/c1-6-16(21(27)28-5)19-13(3)23-14(4)24-20(19)29-18-9-10-26(25-18)17-11-15(22)8-7-12(17)2/h6-11H,1-5H3. The van der Waals surface area contributed by atoms with Crippen molar-refractivity contribution in [1.29, 1.82) is 0 Å². The van der Waals surface area contributed by atoms with Crippen LogP contribution >= 0.6 is 11.6 Å². The number of allylic oxidation sites excluding steroid dienone is 1. The Morgan fingerprint density at radius 1 is 1.17 bits per heavy atom. The number of aromatic nitrogens is 4. The van der Waals surface area contributed by atoms with Crippen LogP contribution in [0.2, 0.25) is 5.02 Å². The quantitative estimate of drug-likeness (QED) is 0.449. The van der Waals surface area contributed by atoms with Gasteiger partial charge in [0.1, 0.15) is 5.82 Å². The van der Waals surface area contributed by atoms with Gasteiger partial charge in [-0.15, -0.1) is 5.10 Å². The van der Waals surface area contributed by atoms with Crippen molar-refractivity contribution in [2.75, 3.05) is 7.11 Å². The SMILES string of the molecule is CC=C(C(=O)OC)c1c(C)nc(C)nc1Oc1ccn(-c2cc(Cl)ccc2C)n1. The van der Waals surface area contributed by atoms with Crippen LogP contribution in [0, 0.1) is 20.8 Å². The highest BCUT2D eigenvalue weighted by molar-refractivity contribution is 6.30. The molecule has 0 saturated heterocycles. The Morgan fingerprint density at radius 3 is 2.62 bits per heavy atom. The summed E-state index contributed by atoms with van der Waals surface area (Å²) in [5.74, 6) is 0.588. The fraction of sp³-hybridized carbons (Fsp3) is 0.238. The topological polar surface area (TPSA) is 79.1 Å². The maximum atomic E-state index is 12.2. The Kier molecular flexibility index (Phi) is 5.98. The Balaban J connectivity index is 2.02. The monoisotopic (exact) mass is 412 g/mol. The van der Waals surface area contributed by atoms with Crippen molar-refractivity contribution in [3.05, 3.63) is 64.2 Å². The minimum absolute atomic E-state index is 0.238. The summed E-state index contributed by atoms with van der Waals surface area (Å²) in [6, 6.07) is 7.28. The number of carbonyl (C=O) groups is 1. The lowest BCUT2D eigenvalue weighted by Gasteiger charge is -2.13. The Bertz CT molecular complexity index is 1110. The number of aryl methyl sites for hydroxylation is 3. The maximum Gasteiger partial charge on any atom is 0.338 e. The van der Waals surface area contributed by atoms with Gasteiger partial charge in [0.05, 0.1) is 29.6 Å². The van der Waals surface area contributed by atoms with Gasteiger partial charge in [-0.1, -0.05) is 23.7 Å². The van der Waals surface area contributed by atoms with Crippen LogP contribution in [0.1, 0.15) is 29.6 Å². The van der Waals surface area contributed by atoms with Crippen LogP contribution in [-0.2, 0) is 9.53 Å². The predicted molar refractivity (Wildman–Crippen MR) is 111 cm³/mol. The van der Waals surface area contributed by atoms with Crippen LogP contribution in [0.25, 0.3) is 11.3 Å². The third-order valence-electron chi connectivity index (χ3n) is 4.32. The zero-order valence-electron chi connectivity index (χ0n) is 16.9. The fourth-order valence-electron chi connectivity index (χ4n) is 2.96. The first-order valence-corrected chi connectivity index (χ1v) is 9.32. The summed E-state index contributed by atoms with van der Waals surface area (Å²) in [5.41, 5.74) is 3.26. The summed E-state index contributed by atoms with van der Waals surface area (Å²) in [6.07, 6.45) is 3.42. The second-order valence-corrected chi connectivity index (χ2v) is 6.80. The molecular weight excluding hydrogens is 392 g/mol. The van der Waals surface area contributed by atoms with Gasteiger partial charge < -0.3 is 9.47 Å². The second-order valence-electron chi connectivity index (χ2n) is 6.36. The molecule has 0 aliphatic heterocycles. The lowest BCUT2D eigenvalue weighted by atomic mass is 10.1. The number of hydrogen-bond donors (Lipinski definition) is 0. The molecule has 0 saturated carbocycles. The van der Waals surface area contributed by atoms with E-state index in [0.29, 0.717) is 33.6 Å². The average Bonchev–Trinajstić information content (AvgIpc) is 3.14. The summed E-state index contributed by atoms with van der Waals surface area (Å²) in [5, 5.41) is 5.08. The van der Waals surface area contributed by atoms with E-state index in [1.807, 2.05) is 25.1 Å². The van der Waals surface area contributed by atoms with Crippen molar-refractivity contribution in [2.24, 2.45) is 0 Å². The molecule has 3 aromatic rings. The number of ether oxygens (including phenoxy) is 2. The van der Waals surface area contributed by atoms with E-state index >= 15 is 0 Å². The first kappa shape index (κ1) is 20.5. The van der Waals surface area contributed by atoms with Crippen LogP contribution in [0.3, 0.4) is 0 Å². The molecule has 1 aromatic carbocycles. The van der Waals surface area contributed by atoms with Gasteiger partial charge in [-0.05, 0) is 45.4 Å². The normalized spacial score (nSPS) is 11.4. The molecule has 8 heteroatoms. The minimum atomic E-state index is -0.493. The molecule has 0 spiro atoms. The van der Waals surface area contributed by atoms with Crippen LogP contribution in [0.15, 0.2) is 36.5 Å². The van der Waals surface area contributed by atoms with E-state index in [2.05, 4.69) is 15.1 Å². The van der Waals surface area contributed by atoms with Crippen molar-refractivity contribution in [1.82, 2.24) is 19.7 Å². The van der Waals surface area contributed by atoms with Gasteiger partial charge in [0.2, 0.25) is 11.8 Å². The summed E-state index contributed by atoms with van der Waals surface area (Å²) < 4.78 is 12.5. The number of nitrogens with zero attached hydrogens (tertiary/aromatic N) is 4. The maximum absolute atomic E-state index is 12.2. The molecule has 0 aliphatic rings. The van der Waals surface area contributed by atoms with Crippen LogP contribution in [-0.4, -0.2) is 32.8 Å². The van der Waals surface area contributed by atoms with Gasteiger partial charge in [-0.3, -0.25) is 0 Å². The molecule has 0 amide bonds. The number of esters is 1. The van der Waals surface area contributed by atoms with Crippen LogP contribution in [0.4, 0.5) is 0 Å². The van der Waals surface area contributed by atoms with Crippen LogP contribution in [0.5, 0.6) is 11.8 Å². The molecule has 2 heterocycles. The van der Waals surface area contributed by atoms with Crippen molar-refractivity contribution in [3.8, 4) is 17.4 Å². The lowest BCUT2D eigenvalue weighted by molar-refractivity contribution is -0.133. The molecule has 29 heavy (non-hydrogen) atoms. The molecule has 7 nitrogen and oxygen atoms in total.